The Bertz CT molecular complexity index is 657. The Morgan fingerprint density at radius 1 is 1.08 bits per heavy atom. The molecule has 2 rings (SSSR count). The molecule has 134 valence electrons. The largest absolute Gasteiger partial charge is 0.348 e. The molecule has 0 spiro atoms. The van der Waals surface area contributed by atoms with Crippen LogP contribution in [0.4, 0.5) is 0 Å². The van der Waals surface area contributed by atoms with E-state index < -0.39 is 0 Å². The molecule has 1 N–H and O–H groups in total. The maximum Gasteiger partial charge on any atom is 0.233 e. The quantitative estimate of drug-likeness (QED) is 0.563. The van der Waals surface area contributed by atoms with Gasteiger partial charge >= 0.3 is 0 Å². The van der Waals surface area contributed by atoms with Crippen molar-refractivity contribution in [3.05, 3.63) is 65.2 Å². The van der Waals surface area contributed by atoms with Gasteiger partial charge in [0.15, 0.2) is 0 Å². The lowest BCUT2D eigenvalue weighted by Gasteiger charge is -2.24. The van der Waals surface area contributed by atoms with Gasteiger partial charge in [0.2, 0.25) is 5.91 Å². The maximum absolute atomic E-state index is 12.9. The van der Waals surface area contributed by atoms with Crippen molar-refractivity contribution in [2.24, 2.45) is 5.92 Å². The third-order valence-corrected chi connectivity index (χ3v) is 5.61. The number of carbonyl (C=O) groups excluding carboxylic acids is 1. The van der Waals surface area contributed by atoms with Crippen molar-refractivity contribution in [2.45, 2.75) is 49.8 Å². The Morgan fingerprint density at radius 2 is 1.72 bits per heavy atom. The second kappa shape index (κ2) is 9.88. The third-order valence-electron chi connectivity index (χ3n) is 3.98. The van der Waals surface area contributed by atoms with Crippen LogP contribution >= 0.6 is 23.4 Å². The average molecular weight is 376 g/mol. The molecule has 4 heteroatoms. The Kier molecular flexibility index (Phi) is 7.86. The van der Waals surface area contributed by atoms with Crippen molar-refractivity contribution in [3.63, 3.8) is 0 Å². The molecular formula is C21H26ClNOS. The summed E-state index contributed by atoms with van der Waals surface area (Å²) in [4.78, 5) is 13.9. The van der Waals surface area contributed by atoms with E-state index in [1.54, 1.807) is 11.8 Å². The second-order valence-corrected chi connectivity index (χ2v) is 8.28. The monoisotopic (exact) mass is 375 g/mol. The lowest BCUT2D eigenvalue weighted by atomic mass is 9.97. The van der Waals surface area contributed by atoms with E-state index in [1.807, 2.05) is 49.4 Å². The molecule has 0 saturated carbocycles. The number of benzene rings is 2. The summed E-state index contributed by atoms with van der Waals surface area (Å²) in [6, 6.07) is 17.9. The Balaban J connectivity index is 2.08. The first-order valence-corrected chi connectivity index (χ1v) is 10.0. The SMILES string of the molecule is CC[C@H](Sc1ccc(Cl)cc1)C(=O)N[C@@H](CC(C)C)c1ccccc1. The first-order chi connectivity index (χ1) is 12.0. The third kappa shape index (κ3) is 6.41. The van der Waals surface area contributed by atoms with E-state index in [1.165, 1.54) is 0 Å². The lowest BCUT2D eigenvalue weighted by molar-refractivity contribution is -0.121. The highest BCUT2D eigenvalue weighted by atomic mass is 35.5. The first kappa shape index (κ1) is 19.9. The number of halogens is 1. The number of amides is 1. The topological polar surface area (TPSA) is 29.1 Å². The van der Waals surface area contributed by atoms with E-state index in [9.17, 15) is 4.79 Å². The zero-order chi connectivity index (χ0) is 18.2. The second-order valence-electron chi connectivity index (χ2n) is 6.57. The van der Waals surface area contributed by atoms with Gasteiger partial charge in [-0.1, -0.05) is 62.7 Å². The summed E-state index contributed by atoms with van der Waals surface area (Å²) in [7, 11) is 0. The summed E-state index contributed by atoms with van der Waals surface area (Å²) in [5.41, 5.74) is 1.16. The van der Waals surface area contributed by atoms with E-state index >= 15 is 0 Å². The predicted molar refractivity (Wildman–Crippen MR) is 108 cm³/mol. The minimum absolute atomic E-state index is 0.0496. The van der Waals surface area contributed by atoms with Crippen LogP contribution in [0, 0.1) is 5.92 Å². The molecule has 25 heavy (non-hydrogen) atoms. The zero-order valence-corrected chi connectivity index (χ0v) is 16.6. The van der Waals surface area contributed by atoms with Gasteiger partial charge in [0, 0.05) is 9.92 Å². The van der Waals surface area contributed by atoms with E-state index in [-0.39, 0.29) is 17.2 Å². The molecule has 0 aliphatic carbocycles. The molecule has 0 heterocycles. The fourth-order valence-corrected chi connectivity index (χ4v) is 3.79. The van der Waals surface area contributed by atoms with Crippen LogP contribution in [0.3, 0.4) is 0 Å². The fraction of sp³-hybridized carbons (Fsp3) is 0.381. The highest BCUT2D eigenvalue weighted by Crippen LogP contribution is 2.28. The molecule has 2 aromatic carbocycles. The highest BCUT2D eigenvalue weighted by Gasteiger charge is 2.22. The van der Waals surface area contributed by atoms with E-state index in [0.717, 1.165) is 23.3 Å². The van der Waals surface area contributed by atoms with Gasteiger partial charge in [-0.3, -0.25) is 4.79 Å². The average Bonchev–Trinajstić information content (AvgIpc) is 2.61. The van der Waals surface area contributed by atoms with Crippen molar-refractivity contribution >= 4 is 29.3 Å². The molecule has 0 aromatic heterocycles. The zero-order valence-electron chi connectivity index (χ0n) is 15.0. The highest BCUT2D eigenvalue weighted by molar-refractivity contribution is 8.00. The van der Waals surface area contributed by atoms with Crippen molar-refractivity contribution in [1.82, 2.24) is 5.32 Å². The molecule has 0 aliphatic rings. The van der Waals surface area contributed by atoms with Gasteiger partial charge in [-0.2, -0.15) is 0 Å². The molecule has 0 radical (unpaired) electrons. The van der Waals surface area contributed by atoms with Crippen molar-refractivity contribution < 1.29 is 4.79 Å². The van der Waals surface area contributed by atoms with Crippen LogP contribution in [0.1, 0.15) is 45.2 Å². The molecule has 0 saturated heterocycles. The Morgan fingerprint density at radius 3 is 2.28 bits per heavy atom. The van der Waals surface area contributed by atoms with Crippen molar-refractivity contribution in [2.75, 3.05) is 0 Å². The number of rotatable bonds is 8. The summed E-state index contributed by atoms with van der Waals surface area (Å²) >= 11 is 7.53. The van der Waals surface area contributed by atoms with Gasteiger partial charge in [0.1, 0.15) is 0 Å². The number of carbonyl (C=O) groups is 1. The summed E-state index contributed by atoms with van der Waals surface area (Å²) in [5, 5.41) is 3.86. The number of hydrogen-bond acceptors (Lipinski definition) is 2. The van der Waals surface area contributed by atoms with Crippen LogP contribution in [0.2, 0.25) is 5.02 Å². The molecular weight excluding hydrogens is 350 g/mol. The molecule has 0 unspecified atom stereocenters. The molecule has 2 nitrogen and oxygen atoms in total. The Labute approximate surface area is 160 Å². The molecule has 1 amide bonds. The minimum atomic E-state index is -0.112. The van der Waals surface area contributed by atoms with Crippen molar-refractivity contribution in [3.8, 4) is 0 Å². The van der Waals surface area contributed by atoms with Crippen LogP contribution in [-0.4, -0.2) is 11.2 Å². The standard InChI is InChI=1S/C21H26ClNOS/c1-4-20(25-18-12-10-17(22)11-13-18)21(24)23-19(14-15(2)3)16-8-6-5-7-9-16/h5-13,15,19-20H,4,14H2,1-3H3,(H,23,24)/t19-,20-/m0/s1. The van der Waals surface area contributed by atoms with Crippen LogP contribution in [0.5, 0.6) is 0 Å². The molecule has 2 atom stereocenters. The van der Waals surface area contributed by atoms with E-state index in [4.69, 9.17) is 11.6 Å². The molecule has 0 aliphatic heterocycles. The van der Waals surface area contributed by atoms with E-state index in [0.29, 0.717) is 10.9 Å². The maximum atomic E-state index is 12.9. The van der Waals surface area contributed by atoms with Gasteiger partial charge in [0.25, 0.3) is 0 Å². The number of hydrogen-bond donors (Lipinski definition) is 1. The van der Waals surface area contributed by atoms with Crippen molar-refractivity contribution in [1.29, 1.82) is 0 Å². The molecule has 0 bridgehead atoms. The van der Waals surface area contributed by atoms with E-state index in [2.05, 4.69) is 31.3 Å². The molecule has 2 aromatic rings. The van der Waals surface area contributed by atoms with Gasteiger partial charge < -0.3 is 5.32 Å². The van der Waals surface area contributed by atoms with Crippen LogP contribution in [-0.2, 0) is 4.79 Å². The fourth-order valence-electron chi connectivity index (χ4n) is 2.70. The first-order valence-electron chi connectivity index (χ1n) is 8.77. The van der Waals surface area contributed by atoms with Crippen LogP contribution in [0.15, 0.2) is 59.5 Å². The predicted octanol–water partition coefficient (Wildman–Crippen LogP) is 6.11. The summed E-state index contributed by atoms with van der Waals surface area (Å²) in [6.07, 6.45) is 1.71. The summed E-state index contributed by atoms with van der Waals surface area (Å²) in [5.74, 6) is 0.603. The van der Waals surface area contributed by atoms with Gasteiger partial charge in [0.05, 0.1) is 11.3 Å². The lowest BCUT2D eigenvalue weighted by Crippen LogP contribution is -2.36. The van der Waals surface area contributed by atoms with Crippen LogP contribution < -0.4 is 5.32 Å². The van der Waals surface area contributed by atoms with Gasteiger partial charge in [-0.25, -0.2) is 0 Å². The van der Waals surface area contributed by atoms with Crippen LogP contribution in [0.25, 0.3) is 0 Å². The van der Waals surface area contributed by atoms with Gasteiger partial charge in [-0.15, -0.1) is 11.8 Å². The smallest absolute Gasteiger partial charge is 0.233 e. The number of thioether (sulfide) groups is 1. The van der Waals surface area contributed by atoms with Gasteiger partial charge in [-0.05, 0) is 48.6 Å². The molecule has 0 fully saturated rings. The number of nitrogens with one attached hydrogen (secondary N) is 1. The minimum Gasteiger partial charge on any atom is -0.348 e. The summed E-state index contributed by atoms with van der Waals surface area (Å²) < 4.78 is 0. The Hall–Kier alpha value is -1.45. The summed E-state index contributed by atoms with van der Waals surface area (Å²) in [6.45, 7) is 6.41. The normalized spacial score (nSPS) is 13.5.